The molecule has 0 saturated carbocycles. The van der Waals surface area contributed by atoms with Gasteiger partial charge in [-0.05, 0) is 25.2 Å². The Balaban J connectivity index is 2.39. The summed E-state index contributed by atoms with van der Waals surface area (Å²) < 4.78 is 0. The molecule has 0 aromatic carbocycles. The van der Waals surface area contributed by atoms with Gasteiger partial charge >= 0.3 is 0 Å². The van der Waals surface area contributed by atoms with E-state index in [4.69, 9.17) is 0 Å². The van der Waals surface area contributed by atoms with Gasteiger partial charge in [-0.3, -0.25) is 4.79 Å². The first kappa shape index (κ1) is 13.5. The molecule has 0 bridgehead atoms. The van der Waals surface area contributed by atoms with Crippen molar-refractivity contribution in [2.45, 2.75) is 51.6 Å². The Morgan fingerprint density at radius 2 is 2.31 bits per heavy atom. The molecule has 0 radical (unpaired) electrons. The molecule has 1 saturated heterocycles. The van der Waals surface area contributed by atoms with Crippen LogP contribution in [0.25, 0.3) is 0 Å². The van der Waals surface area contributed by atoms with Crippen LogP contribution in [0.4, 0.5) is 0 Å². The van der Waals surface area contributed by atoms with Crippen molar-refractivity contribution in [3.05, 3.63) is 0 Å². The molecule has 0 aliphatic carbocycles. The van der Waals surface area contributed by atoms with Crippen molar-refractivity contribution in [2.75, 3.05) is 13.2 Å². The fourth-order valence-corrected chi connectivity index (χ4v) is 2.21. The molecule has 1 amide bonds. The lowest BCUT2D eigenvalue weighted by Crippen LogP contribution is -2.42. The maximum atomic E-state index is 11.4. The van der Waals surface area contributed by atoms with Crippen LogP contribution in [0.3, 0.4) is 0 Å². The van der Waals surface area contributed by atoms with Gasteiger partial charge in [0.2, 0.25) is 5.91 Å². The van der Waals surface area contributed by atoms with Crippen LogP contribution in [-0.4, -0.2) is 36.2 Å². The summed E-state index contributed by atoms with van der Waals surface area (Å²) in [5, 5.41) is 15.5. The lowest BCUT2D eigenvalue weighted by Gasteiger charge is -2.24. The van der Waals surface area contributed by atoms with E-state index in [-0.39, 0.29) is 24.6 Å². The fraction of sp³-hybridized carbons (Fsp3) is 0.917. The lowest BCUT2D eigenvalue weighted by molar-refractivity contribution is -0.121. The molecule has 4 heteroatoms. The lowest BCUT2D eigenvalue weighted by atomic mass is 10.0. The average Bonchev–Trinajstić information content (AvgIpc) is 2.41. The summed E-state index contributed by atoms with van der Waals surface area (Å²) in [5.74, 6) is 0.681. The molecule has 1 rings (SSSR count). The Bertz CT molecular complexity index is 219. The third-order valence-electron chi connectivity index (χ3n) is 2.93. The summed E-state index contributed by atoms with van der Waals surface area (Å²) in [4.78, 5) is 11.4. The summed E-state index contributed by atoms with van der Waals surface area (Å²) in [7, 11) is 0. The number of aliphatic hydroxyl groups is 1. The van der Waals surface area contributed by atoms with Crippen LogP contribution in [0.1, 0.15) is 39.5 Å². The molecule has 1 aliphatic heterocycles. The number of hydrogen-bond donors (Lipinski definition) is 3. The quantitative estimate of drug-likeness (QED) is 0.647. The van der Waals surface area contributed by atoms with Gasteiger partial charge in [0.25, 0.3) is 0 Å². The highest BCUT2D eigenvalue weighted by Gasteiger charge is 2.20. The largest absolute Gasteiger partial charge is 0.395 e. The van der Waals surface area contributed by atoms with Crippen LogP contribution in [0, 0.1) is 5.92 Å². The highest BCUT2D eigenvalue weighted by molar-refractivity contribution is 5.76. The Labute approximate surface area is 97.8 Å². The van der Waals surface area contributed by atoms with Gasteiger partial charge in [-0.15, -0.1) is 0 Å². The molecule has 2 unspecified atom stereocenters. The number of rotatable bonds is 5. The molecule has 0 aromatic heterocycles. The van der Waals surface area contributed by atoms with Crippen LogP contribution in [0.15, 0.2) is 0 Å². The number of carbonyl (C=O) groups excluding carboxylic acids is 1. The monoisotopic (exact) mass is 228 g/mol. The summed E-state index contributed by atoms with van der Waals surface area (Å²) in [6.07, 6.45) is 3.51. The first-order valence-corrected chi connectivity index (χ1v) is 6.25. The van der Waals surface area contributed by atoms with Crippen LogP contribution in [0.2, 0.25) is 0 Å². The smallest absolute Gasteiger partial charge is 0.221 e. The first-order chi connectivity index (χ1) is 7.61. The normalized spacial score (nSPS) is 24.0. The number of hydrogen-bond acceptors (Lipinski definition) is 3. The Morgan fingerprint density at radius 1 is 1.56 bits per heavy atom. The van der Waals surface area contributed by atoms with Gasteiger partial charge < -0.3 is 15.7 Å². The van der Waals surface area contributed by atoms with Gasteiger partial charge in [0.05, 0.1) is 6.61 Å². The summed E-state index contributed by atoms with van der Waals surface area (Å²) in [5.41, 5.74) is 0. The van der Waals surface area contributed by atoms with Crippen LogP contribution >= 0.6 is 0 Å². The topological polar surface area (TPSA) is 61.4 Å². The van der Waals surface area contributed by atoms with E-state index in [1.165, 1.54) is 0 Å². The SMILES string of the molecule is CC(C)CC(CO)NC1CCCNC(=O)C1. The van der Waals surface area contributed by atoms with Crippen LogP contribution in [0.5, 0.6) is 0 Å². The summed E-state index contributed by atoms with van der Waals surface area (Å²) >= 11 is 0. The molecule has 1 heterocycles. The van der Waals surface area contributed by atoms with E-state index in [1.54, 1.807) is 0 Å². The first-order valence-electron chi connectivity index (χ1n) is 6.25. The van der Waals surface area contributed by atoms with Crippen molar-refractivity contribution in [2.24, 2.45) is 5.92 Å². The van der Waals surface area contributed by atoms with E-state index >= 15 is 0 Å². The van der Waals surface area contributed by atoms with Gasteiger partial charge in [0, 0.05) is 25.0 Å². The molecular formula is C12H24N2O2. The molecule has 2 atom stereocenters. The summed E-state index contributed by atoms with van der Waals surface area (Å²) in [6.45, 7) is 5.22. The zero-order valence-corrected chi connectivity index (χ0v) is 10.3. The number of nitrogens with one attached hydrogen (secondary N) is 2. The van der Waals surface area contributed by atoms with Gasteiger partial charge in [0.15, 0.2) is 0 Å². The highest BCUT2D eigenvalue weighted by Crippen LogP contribution is 2.10. The third-order valence-corrected chi connectivity index (χ3v) is 2.93. The minimum absolute atomic E-state index is 0.121. The van der Waals surface area contributed by atoms with E-state index < -0.39 is 0 Å². The van der Waals surface area contributed by atoms with E-state index in [2.05, 4.69) is 24.5 Å². The van der Waals surface area contributed by atoms with Gasteiger partial charge in [-0.25, -0.2) is 0 Å². The van der Waals surface area contributed by atoms with Crippen molar-refractivity contribution in [3.63, 3.8) is 0 Å². The minimum Gasteiger partial charge on any atom is -0.395 e. The van der Waals surface area contributed by atoms with Crippen molar-refractivity contribution < 1.29 is 9.90 Å². The molecule has 0 spiro atoms. The molecular weight excluding hydrogens is 204 g/mol. The van der Waals surface area contributed by atoms with Gasteiger partial charge in [-0.2, -0.15) is 0 Å². The maximum Gasteiger partial charge on any atom is 0.221 e. The van der Waals surface area contributed by atoms with Crippen molar-refractivity contribution in [3.8, 4) is 0 Å². The highest BCUT2D eigenvalue weighted by atomic mass is 16.3. The van der Waals surface area contributed by atoms with Crippen LogP contribution < -0.4 is 10.6 Å². The van der Waals surface area contributed by atoms with Crippen LogP contribution in [-0.2, 0) is 4.79 Å². The van der Waals surface area contributed by atoms with E-state index in [9.17, 15) is 9.90 Å². The average molecular weight is 228 g/mol. The molecule has 0 aromatic rings. The standard InChI is InChI=1S/C12H24N2O2/c1-9(2)6-11(8-15)14-10-4-3-5-13-12(16)7-10/h9-11,14-15H,3-8H2,1-2H3,(H,13,16). The van der Waals surface area contributed by atoms with Crippen molar-refractivity contribution in [1.82, 2.24) is 10.6 Å². The van der Waals surface area contributed by atoms with Crippen molar-refractivity contribution in [1.29, 1.82) is 0 Å². The van der Waals surface area contributed by atoms with Gasteiger partial charge in [0.1, 0.15) is 0 Å². The predicted octanol–water partition coefficient (Wildman–Crippen LogP) is 0.652. The van der Waals surface area contributed by atoms with E-state index in [0.717, 1.165) is 25.8 Å². The molecule has 1 aliphatic rings. The predicted molar refractivity (Wildman–Crippen MR) is 64.1 cm³/mol. The second kappa shape index (κ2) is 6.86. The molecule has 3 N–H and O–H groups in total. The second-order valence-electron chi connectivity index (χ2n) is 5.07. The zero-order valence-electron chi connectivity index (χ0n) is 10.3. The molecule has 16 heavy (non-hydrogen) atoms. The number of aliphatic hydroxyl groups excluding tert-OH is 1. The van der Waals surface area contributed by atoms with E-state index in [0.29, 0.717) is 12.3 Å². The van der Waals surface area contributed by atoms with Crippen molar-refractivity contribution >= 4 is 5.91 Å². The number of amides is 1. The summed E-state index contributed by atoms with van der Waals surface area (Å²) in [6, 6.07) is 0.342. The minimum atomic E-state index is 0.121. The third kappa shape index (κ3) is 4.94. The van der Waals surface area contributed by atoms with E-state index in [1.807, 2.05) is 0 Å². The maximum absolute atomic E-state index is 11.4. The Morgan fingerprint density at radius 3 is 2.94 bits per heavy atom. The molecule has 4 nitrogen and oxygen atoms in total. The van der Waals surface area contributed by atoms with Gasteiger partial charge in [-0.1, -0.05) is 13.8 Å². The Kier molecular flexibility index (Phi) is 5.77. The second-order valence-corrected chi connectivity index (χ2v) is 5.07. The Hall–Kier alpha value is -0.610. The molecule has 94 valence electrons. The molecule has 1 fully saturated rings. The fourth-order valence-electron chi connectivity index (χ4n) is 2.21. The number of carbonyl (C=O) groups is 1. The zero-order chi connectivity index (χ0) is 12.0.